The molecule has 0 atom stereocenters. The van der Waals surface area contributed by atoms with Crippen molar-refractivity contribution >= 4 is 0 Å². The maximum atomic E-state index is 5.10. The molecule has 54 valence electrons. The minimum absolute atomic E-state index is 1.01. The summed E-state index contributed by atoms with van der Waals surface area (Å²) >= 11 is 0. The molecule has 0 saturated heterocycles. The van der Waals surface area contributed by atoms with Gasteiger partial charge < -0.3 is 4.74 Å². The van der Waals surface area contributed by atoms with Gasteiger partial charge in [0.1, 0.15) is 0 Å². The number of methoxy groups -OCH3 is 1. The van der Waals surface area contributed by atoms with Crippen molar-refractivity contribution in [3.8, 4) is 0 Å². The van der Waals surface area contributed by atoms with Gasteiger partial charge in [-0.15, -0.1) is 0 Å². The third kappa shape index (κ3) is 2.09. The first-order chi connectivity index (χ1) is 4.93. The number of ether oxygens (including phenoxy) is 1. The van der Waals surface area contributed by atoms with E-state index in [4.69, 9.17) is 4.74 Å². The number of rotatable bonds is 1. The van der Waals surface area contributed by atoms with Crippen molar-refractivity contribution in [2.75, 3.05) is 7.11 Å². The van der Waals surface area contributed by atoms with Crippen molar-refractivity contribution in [3.05, 3.63) is 36.1 Å². The van der Waals surface area contributed by atoms with Gasteiger partial charge in [0, 0.05) is 6.42 Å². The van der Waals surface area contributed by atoms with Crippen molar-refractivity contribution < 1.29 is 4.74 Å². The summed E-state index contributed by atoms with van der Waals surface area (Å²) in [6, 6.07) is 0. The predicted octanol–water partition coefficient (Wildman–Crippen LogP) is 2.42. The zero-order valence-electron chi connectivity index (χ0n) is 6.21. The molecule has 0 aromatic heterocycles. The smallest absolute Gasteiger partial charge is 0.0958 e. The summed E-state index contributed by atoms with van der Waals surface area (Å²) in [7, 11) is 1.71. The van der Waals surface area contributed by atoms with Crippen LogP contribution in [0.15, 0.2) is 36.1 Å². The van der Waals surface area contributed by atoms with Crippen molar-refractivity contribution in [3.63, 3.8) is 0 Å². The molecule has 0 fully saturated rings. The van der Waals surface area contributed by atoms with Crippen molar-refractivity contribution in [2.24, 2.45) is 0 Å². The fraction of sp³-hybridized carbons (Fsp3) is 0.333. The molecule has 0 bridgehead atoms. The van der Waals surface area contributed by atoms with E-state index in [1.54, 1.807) is 7.11 Å². The van der Waals surface area contributed by atoms with Crippen LogP contribution in [0, 0.1) is 0 Å². The lowest BCUT2D eigenvalue weighted by atomic mass is 10.2. The van der Waals surface area contributed by atoms with E-state index in [2.05, 4.69) is 12.2 Å². The van der Waals surface area contributed by atoms with Gasteiger partial charge in [-0.3, -0.25) is 0 Å². The van der Waals surface area contributed by atoms with Crippen LogP contribution >= 0.6 is 0 Å². The minimum Gasteiger partial charge on any atom is -0.501 e. The average Bonchev–Trinajstić information content (AvgIpc) is 1.87. The summed E-state index contributed by atoms with van der Waals surface area (Å²) in [5.41, 5.74) is 0. The Morgan fingerprint density at radius 2 is 2.20 bits per heavy atom. The summed E-state index contributed by atoms with van der Waals surface area (Å²) in [6.07, 6.45) is 12.3. The Bertz CT molecular complexity index is 175. The Balaban J connectivity index is 2.59. The molecule has 1 heteroatoms. The molecule has 0 aromatic carbocycles. The van der Waals surface area contributed by atoms with Crippen LogP contribution in [0.1, 0.15) is 12.8 Å². The second kappa shape index (κ2) is 3.94. The standard InChI is InChI=1S/C9H12O/c1-10-9-7-5-3-2-4-6-8-9/h2-5,7H,6,8H2,1H3/b4-2-,5-3-,9-7+. The zero-order chi connectivity index (χ0) is 7.23. The Labute approximate surface area is 61.7 Å². The Hall–Kier alpha value is -0.980. The van der Waals surface area contributed by atoms with Crippen LogP contribution in [0.2, 0.25) is 0 Å². The first-order valence-electron chi connectivity index (χ1n) is 3.50. The lowest BCUT2D eigenvalue weighted by Crippen LogP contribution is -1.86. The molecule has 0 amide bonds. The Kier molecular flexibility index (Phi) is 2.81. The average molecular weight is 136 g/mol. The van der Waals surface area contributed by atoms with E-state index in [0.29, 0.717) is 0 Å². The molecule has 1 aliphatic rings. The summed E-state index contributed by atoms with van der Waals surface area (Å²) < 4.78 is 5.10. The molecule has 0 radical (unpaired) electrons. The maximum absolute atomic E-state index is 5.10. The van der Waals surface area contributed by atoms with Gasteiger partial charge in [-0.1, -0.05) is 24.3 Å². The van der Waals surface area contributed by atoms with Gasteiger partial charge >= 0.3 is 0 Å². The van der Waals surface area contributed by atoms with Gasteiger partial charge in [0.05, 0.1) is 12.9 Å². The minimum atomic E-state index is 1.01. The molecule has 0 unspecified atom stereocenters. The number of hydrogen-bond acceptors (Lipinski definition) is 1. The first-order valence-corrected chi connectivity index (χ1v) is 3.50. The summed E-state index contributed by atoms with van der Waals surface area (Å²) in [5.74, 6) is 1.06. The molecule has 1 aliphatic carbocycles. The topological polar surface area (TPSA) is 9.23 Å². The highest BCUT2D eigenvalue weighted by Gasteiger charge is 1.92. The van der Waals surface area contributed by atoms with Crippen LogP contribution in [-0.4, -0.2) is 7.11 Å². The fourth-order valence-electron chi connectivity index (χ4n) is 0.881. The molecule has 0 aliphatic heterocycles. The van der Waals surface area contributed by atoms with E-state index in [-0.39, 0.29) is 0 Å². The third-order valence-corrected chi connectivity index (χ3v) is 1.46. The Morgan fingerprint density at radius 3 is 3.00 bits per heavy atom. The molecular formula is C9H12O. The lowest BCUT2D eigenvalue weighted by molar-refractivity contribution is 0.278. The lowest BCUT2D eigenvalue weighted by Gasteiger charge is -2.03. The van der Waals surface area contributed by atoms with Crippen LogP contribution in [0.25, 0.3) is 0 Å². The number of hydrogen-bond donors (Lipinski definition) is 0. The van der Waals surface area contributed by atoms with Gasteiger partial charge in [0.2, 0.25) is 0 Å². The monoisotopic (exact) mass is 136 g/mol. The van der Waals surface area contributed by atoms with Crippen LogP contribution in [0.4, 0.5) is 0 Å². The number of allylic oxidation sites excluding steroid dienone is 6. The summed E-state index contributed by atoms with van der Waals surface area (Å²) in [5, 5.41) is 0. The van der Waals surface area contributed by atoms with Crippen molar-refractivity contribution in [1.29, 1.82) is 0 Å². The van der Waals surface area contributed by atoms with Crippen LogP contribution in [0.3, 0.4) is 0 Å². The third-order valence-electron chi connectivity index (χ3n) is 1.46. The summed E-state index contributed by atoms with van der Waals surface area (Å²) in [6.45, 7) is 0. The normalized spacial score (nSPS) is 29.1. The van der Waals surface area contributed by atoms with E-state index in [1.165, 1.54) is 0 Å². The second-order valence-electron chi connectivity index (χ2n) is 2.19. The first kappa shape index (κ1) is 7.13. The molecule has 0 saturated carbocycles. The van der Waals surface area contributed by atoms with E-state index in [9.17, 15) is 0 Å². The highest BCUT2D eigenvalue weighted by Crippen LogP contribution is 2.08. The van der Waals surface area contributed by atoms with Crippen LogP contribution in [0.5, 0.6) is 0 Å². The Morgan fingerprint density at radius 1 is 1.30 bits per heavy atom. The van der Waals surface area contributed by atoms with Gasteiger partial charge in [-0.2, -0.15) is 0 Å². The molecule has 1 rings (SSSR count). The van der Waals surface area contributed by atoms with E-state index in [1.807, 2.05) is 18.2 Å². The molecule has 1 nitrogen and oxygen atoms in total. The highest BCUT2D eigenvalue weighted by molar-refractivity contribution is 5.16. The van der Waals surface area contributed by atoms with Gasteiger partial charge in [-0.05, 0) is 12.5 Å². The summed E-state index contributed by atoms with van der Waals surface area (Å²) in [4.78, 5) is 0. The van der Waals surface area contributed by atoms with Crippen LogP contribution < -0.4 is 0 Å². The van der Waals surface area contributed by atoms with Crippen molar-refractivity contribution in [2.45, 2.75) is 12.8 Å². The molecular weight excluding hydrogens is 124 g/mol. The predicted molar refractivity (Wildman–Crippen MR) is 42.6 cm³/mol. The largest absolute Gasteiger partial charge is 0.501 e. The van der Waals surface area contributed by atoms with E-state index in [0.717, 1.165) is 18.6 Å². The van der Waals surface area contributed by atoms with Gasteiger partial charge in [0.25, 0.3) is 0 Å². The van der Waals surface area contributed by atoms with E-state index < -0.39 is 0 Å². The molecule has 0 aromatic rings. The van der Waals surface area contributed by atoms with E-state index >= 15 is 0 Å². The second-order valence-corrected chi connectivity index (χ2v) is 2.19. The molecule has 10 heavy (non-hydrogen) atoms. The van der Waals surface area contributed by atoms with Crippen LogP contribution in [-0.2, 0) is 4.74 Å². The van der Waals surface area contributed by atoms with Crippen molar-refractivity contribution in [1.82, 2.24) is 0 Å². The maximum Gasteiger partial charge on any atom is 0.0958 e. The fourth-order valence-corrected chi connectivity index (χ4v) is 0.881. The quantitative estimate of drug-likeness (QED) is 0.538. The van der Waals surface area contributed by atoms with Gasteiger partial charge in [0.15, 0.2) is 0 Å². The van der Waals surface area contributed by atoms with Gasteiger partial charge in [-0.25, -0.2) is 0 Å². The molecule has 0 N–H and O–H groups in total. The zero-order valence-corrected chi connectivity index (χ0v) is 6.21. The molecule has 0 heterocycles. The highest BCUT2D eigenvalue weighted by atomic mass is 16.5. The SMILES string of the molecule is CO/C1=C/C=C\C=C/CC1. The molecule has 0 spiro atoms.